The van der Waals surface area contributed by atoms with Gasteiger partial charge in [0.1, 0.15) is 5.69 Å². The fourth-order valence-corrected chi connectivity index (χ4v) is 3.50. The summed E-state index contributed by atoms with van der Waals surface area (Å²) in [5, 5.41) is 11.2. The number of rotatable bonds is 5. The molecule has 0 saturated carbocycles. The first kappa shape index (κ1) is 18.8. The average molecular weight is 408 g/mol. The SMILES string of the molecule is Cn1c(C(=O)NCc2ccc(C(N)=O)cc2-c2cn[nH]c2)cc2ccc(Cl)cc21. The van der Waals surface area contributed by atoms with Crippen molar-refractivity contribution in [1.29, 1.82) is 0 Å². The molecule has 29 heavy (non-hydrogen) atoms. The highest BCUT2D eigenvalue weighted by molar-refractivity contribution is 6.31. The molecule has 0 aliphatic rings. The van der Waals surface area contributed by atoms with E-state index in [1.165, 1.54) is 0 Å². The predicted molar refractivity (Wildman–Crippen MR) is 112 cm³/mol. The molecule has 146 valence electrons. The quantitative estimate of drug-likeness (QED) is 0.472. The minimum absolute atomic E-state index is 0.211. The van der Waals surface area contributed by atoms with E-state index in [1.807, 2.05) is 29.8 Å². The largest absolute Gasteiger partial charge is 0.366 e. The Kier molecular flexibility index (Phi) is 4.82. The molecule has 0 saturated heterocycles. The van der Waals surface area contributed by atoms with Gasteiger partial charge in [-0.3, -0.25) is 14.7 Å². The Labute approximate surface area is 171 Å². The molecule has 4 rings (SSSR count). The van der Waals surface area contributed by atoms with Crippen molar-refractivity contribution in [2.45, 2.75) is 6.54 Å². The second kappa shape index (κ2) is 7.44. The molecule has 2 heterocycles. The number of carbonyl (C=O) groups is 2. The molecule has 2 amide bonds. The maximum absolute atomic E-state index is 12.8. The van der Waals surface area contributed by atoms with E-state index in [4.69, 9.17) is 17.3 Å². The molecule has 0 atom stereocenters. The third kappa shape index (κ3) is 3.60. The number of halogens is 1. The minimum atomic E-state index is -0.514. The second-order valence-electron chi connectivity index (χ2n) is 6.70. The molecule has 0 aliphatic heterocycles. The number of nitrogens with one attached hydrogen (secondary N) is 2. The Bertz CT molecular complexity index is 1230. The van der Waals surface area contributed by atoms with Crippen LogP contribution in [0.2, 0.25) is 5.02 Å². The molecular formula is C21H18ClN5O2. The Hall–Kier alpha value is -3.58. The topological polar surface area (TPSA) is 106 Å². The lowest BCUT2D eigenvalue weighted by atomic mass is 9.99. The van der Waals surface area contributed by atoms with E-state index in [0.717, 1.165) is 27.6 Å². The van der Waals surface area contributed by atoms with Crippen LogP contribution in [0.1, 0.15) is 26.4 Å². The maximum Gasteiger partial charge on any atom is 0.268 e. The van der Waals surface area contributed by atoms with Crippen molar-refractivity contribution in [3.63, 3.8) is 0 Å². The van der Waals surface area contributed by atoms with Crippen LogP contribution in [0.25, 0.3) is 22.0 Å². The van der Waals surface area contributed by atoms with E-state index < -0.39 is 5.91 Å². The van der Waals surface area contributed by atoms with E-state index in [1.54, 1.807) is 36.7 Å². The van der Waals surface area contributed by atoms with Gasteiger partial charge in [0.25, 0.3) is 5.91 Å². The number of nitrogens with zero attached hydrogens (tertiary/aromatic N) is 2. The zero-order valence-electron chi connectivity index (χ0n) is 15.6. The van der Waals surface area contributed by atoms with Gasteiger partial charge in [0.2, 0.25) is 5.91 Å². The molecule has 0 fully saturated rings. The number of hydrogen-bond donors (Lipinski definition) is 3. The third-order valence-electron chi connectivity index (χ3n) is 4.88. The average Bonchev–Trinajstić information content (AvgIpc) is 3.35. The van der Waals surface area contributed by atoms with E-state index in [9.17, 15) is 9.59 Å². The van der Waals surface area contributed by atoms with Crippen LogP contribution in [0.5, 0.6) is 0 Å². The summed E-state index contributed by atoms with van der Waals surface area (Å²) in [5.74, 6) is -0.726. The number of nitrogens with two attached hydrogens (primary N) is 1. The number of H-pyrrole nitrogens is 1. The van der Waals surface area contributed by atoms with Crippen molar-refractivity contribution >= 4 is 34.3 Å². The Balaban J connectivity index is 1.61. The lowest BCUT2D eigenvalue weighted by molar-refractivity contribution is 0.0942. The van der Waals surface area contributed by atoms with Crippen molar-refractivity contribution in [1.82, 2.24) is 20.1 Å². The van der Waals surface area contributed by atoms with Gasteiger partial charge >= 0.3 is 0 Å². The molecule has 0 aliphatic carbocycles. The van der Waals surface area contributed by atoms with Gasteiger partial charge in [0.15, 0.2) is 0 Å². The van der Waals surface area contributed by atoms with Gasteiger partial charge in [-0.2, -0.15) is 5.10 Å². The van der Waals surface area contributed by atoms with Gasteiger partial charge in [0, 0.05) is 46.8 Å². The van der Waals surface area contributed by atoms with Crippen LogP contribution in [0.15, 0.2) is 54.9 Å². The molecule has 7 nitrogen and oxygen atoms in total. The molecule has 0 bridgehead atoms. The summed E-state index contributed by atoms with van der Waals surface area (Å²) in [7, 11) is 1.83. The molecule has 8 heteroatoms. The van der Waals surface area contributed by atoms with Crippen molar-refractivity contribution in [2.75, 3.05) is 0 Å². The molecule has 0 spiro atoms. The van der Waals surface area contributed by atoms with Gasteiger partial charge in [-0.1, -0.05) is 23.7 Å². The Morgan fingerprint density at radius 2 is 2.03 bits per heavy atom. The number of amides is 2. The van der Waals surface area contributed by atoms with Crippen LogP contribution in [0, 0.1) is 0 Å². The van der Waals surface area contributed by atoms with Gasteiger partial charge in [-0.15, -0.1) is 0 Å². The predicted octanol–water partition coefficient (Wildman–Crippen LogP) is 3.25. The van der Waals surface area contributed by atoms with E-state index >= 15 is 0 Å². The van der Waals surface area contributed by atoms with E-state index in [0.29, 0.717) is 16.3 Å². The standard InChI is InChI=1S/C21H18ClN5O2/c1-27-18-8-16(22)5-4-12(18)7-19(27)21(29)24-9-14-3-2-13(20(23)28)6-17(14)15-10-25-26-11-15/h2-8,10-11H,9H2,1H3,(H2,23,28)(H,24,29)(H,25,26). The number of aryl methyl sites for hydroxylation is 1. The Morgan fingerprint density at radius 1 is 1.21 bits per heavy atom. The molecule has 4 aromatic rings. The summed E-state index contributed by atoms with van der Waals surface area (Å²) in [5.41, 5.74) is 9.62. The number of aromatic nitrogens is 3. The highest BCUT2D eigenvalue weighted by atomic mass is 35.5. The van der Waals surface area contributed by atoms with Crippen LogP contribution in [-0.2, 0) is 13.6 Å². The summed E-state index contributed by atoms with van der Waals surface area (Å²) in [6.45, 7) is 0.278. The highest BCUT2D eigenvalue weighted by Gasteiger charge is 2.15. The number of primary amides is 1. The lowest BCUT2D eigenvalue weighted by Crippen LogP contribution is -2.25. The molecule has 4 N–H and O–H groups in total. The van der Waals surface area contributed by atoms with E-state index in [-0.39, 0.29) is 12.5 Å². The highest BCUT2D eigenvalue weighted by Crippen LogP contribution is 2.25. The molecule has 0 unspecified atom stereocenters. The minimum Gasteiger partial charge on any atom is -0.366 e. The fraction of sp³-hybridized carbons (Fsp3) is 0.0952. The first-order valence-corrected chi connectivity index (χ1v) is 9.27. The van der Waals surface area contributed by atoms with Gasteiger partial charge < -0.3 is 15.6 Å². The zero-order chi connectivity index (χ0) is 20.5. The number of carbonyl (C=O) groups excluding carboxylic acids is 2. The Morgan fingerprint density at radius 3 is 2.76 bits per heavy atom. The molecule has 2 aromatic heterocycles. The van der Waals surface area contributed by atoms with Gasteiger partial charge in [-0.05, 0) is 41.5 Å². The van der Waals surface area contributed by atoms with Crippen LogP contribution >= 0.6 is 11.6 Å². The molecular weight excluding hydrogens is 390 g/mol. The summed E-state index contributed by atoms with van der Waals surface area (Å²) in [6.07, 6.45) is 3.37. The summed E-state index contributed by atoms with van der Waals surface area (Å²) < 4.78 is 1.81. The van der Waals surface area contributed by atoms with Gasteiger partial charge in [-0.25, -0.2) is 0 Å². The van der Waals surface area contributed by atoms with E-state index in [2.05, 4.69) is 15.5 Å². The van der Waals surface area contributed by atoms with Crippen molar-refractivity contribution in [2.24, 2.45) is 12.8 Å². The monoisotopic (exact) mass is 407 g/mol. The molecule has 0 radical (unpaired) electrons. The van der Waals surface area contributed by atoms with Crippen molar-refractivity contribution in [3.05, 3.63) is 76.7 Å². The van der Waals surface area contributed by atoms with Crippen LogP contribution in [0.3, 0.4) is 0 Å². The first-order chi connectivity index (χ1) is 13.9. The van der Waals surface area contributed by atoms with Crippen LogP contribution in [-0.4, -0.2) is 26.6 Å². The fourth-order valence-electron chi connectivity index (χ4n) is 3.34. The second-order valence-corrected chi connectivity index (χ2v) is 7.13. The molecule has 2 aromatic carbocycles. The number of aromatic amines is 1. The van der Waals surface area contributed by atoms with Crippen molar-refractivity contribution < 1.29 is 9.59 Å². The van der Waals surface area contributed by atoms with Crippen molar-refractivity contribution in [3.8, 4) is 11.1 Å². The summed E-state index contributed by atoms with van der Waals surface area (Å²) >= 11 is 6.07. The number of benzene rings is 2. The first-order valence-electron chi connectivity index (χ1n) is 8.89. The summed E-state index contributed by atoms with van der Waals surface area (Å²) in [4.78, 5) is 24.4. The smallest absolute Gasteiger partial charge is 0.268 e. The maximum atomic E-state index is 12.8. The van der Waals surface area contributed by atoms with Crippen LogP contribution in [0.4, 0.5) is 0 Å². The number of fused-ring (bicyclic) bond motifs is 1. The lowest BCUT2D eigenvalue weighted by Gasteiger charge is -2.11. The van der Waals surface area contributed by atoms with Gasteiger partial charge in [0.05, 0.1) is 6.20 Å². The zero-order valence-corrected chi connectivity index (χ0v) is 16.3. The normalized spacial score (nSPS) is 11.0. The number of hydrogen-bond acceptors (Lipinski definition) is 3. The third-order valence-corrected chi connectivity index (χ3v) is 5.12. The van der Waals surface area contributed by atoms with Crippen LogP contribution < -0.4 is 11.1 Å². The summed E-state index contributed by atoms with van der Waals surface area (Å²) in [6, 6.07) is 12.5.